The summed E-state index contributed by atoms with van der Waals surface area (Å²) >= 11 is 5.84. The van der Waals surface area contributed by atoms with Gasteiger partial charge in [0.25, 0.3) is 0 Å². The zero-order valence-electron chi connectivity index (χ0n) is 8.00. The Labute approximate surface area is 91.0 Å². The van der Waals surface area contributed by atoms with Gasteiger partial charge in [0.2, 0.25) is 0 Å². The molecule has 0 heterocycles. The van der Waals surface area contributed by atoms with E-state index in [2.05, 4.69) is 6.07 Å². The molecule has 0 bridgehead atoms. The maximum absolute atomic E-state index is 11.6. The molecule has 0 aliphatic heterocycles. The van der Waals surface area contributed by atoms with Crippen molar-refractivity contribution in [3.05, 3.63) is 28.3 Å². The average Bonchev–Trinajstić information content (AvgIpc) is 2.15. The van der Waals surface area contributed by atoms with E-state index >= 15 is 0 Å². The van der Waals surface area contributed by atoms with Gasteiger partial charge in [-0.15, -0.1) is 0 Å². The van der Waals surface area contributed by atoms with Crippen LogP contribution in [0, 0.1) is 18.3 Å². The highest BCUT2D eigenvalue weighted by molar-refractivity contribution is 7.85. The third-order valence-electron chi connectivity index (χ3n) is 1.88. The van der Waals surface area contributed by atoms with Gasteiger partial charge in [0.1, 0.15) is 6.07 Å². The first-order valence-corrected chi connectivity index (χ1v) is 5.88. The largest absolute Gasteiger partial charge is 0.254 e. The van der Waals surface area contributed by atoms with E-state index in [4.69, 9.17) is 16.9 Å². The van der Waals surface area contributed by atoms with Crippen LogP contribution in [0.2, 0.25) is 5.02 Å². The van der Waals surface area contributed by atoms with Gasteiger partial charge in [0.15, 0.2) is 0 Å². The molecule has 1 rings (SSSR count). The summed E-state index contributed by atoms with van der Waals surface area (Å²) in [4.78, 5) is 0.542. The molecular weight excluding hydrogens is 218 g/mol. The summed E-state index contributed by atoms with van der Waals surface area (Å²) in [5.41, 5.74) is 1.26. The van der Waals surface area contributed by atoms with Crippen molar-refractivity contribution in [3.8, 4) is 6.07 Å². The third-order valence-corrected chi connectivity index (χ3v) is 3.44. The maximum atomic E-state index is 11.6. The molecule has 0 aromatic heterocycles. The van der Waals surface area contributed by atoms with Crippen LogP contribution < -0.4 is 0 Å². The van der Waals surface area contributed by atoms with Crippen LogP contribution in [0.15, 0.2) is 17.0 Å². The Morgan fingerprint density at radius 3 is 2.71 bits per heavy atom. The lowest BCUT2D eigenvalue weighted by Crippen LogP contribution is -1.99. The van der Waals surface area contributed by atoms with E-state index < -0.39 is 10.8 Å². The predicted molar refractivity (Wildman–Crippen MR) is 57.9 cm³/mol. The van der Waals surface area contributed by atoms with Crippen LogP contribution in [0.1, 0.15) is 18.1 Å². The van der Waals surface area contributed by atoms with Crippen molar-refractivity contribution >= 4 is 22.4 Å². The fraction of sp³-hybridized carbons (Fsp3) is 0.300. The minimum absolute atomic E-state index is 0.481. The van der Waals surface area contributed by atoms with Crippen molar-refractivity contribution in [1.82, 2.24) is 0 Å². The molecule has 0 spiro atoms. The topological polar surface area (TPSA) is 40.9 Å². The van der Waals surface area contributed by atoms with Crippen LogP contribution in [0.3, 0.4) is 0 Å². The van der Waals surface area contributed by atoms with Gasteiger partial charge in [-0.2, -0.15) is 5.26 Å². The van der Waals surface area contributed by atoms with Crippen LogP contribution >= 0.6 is 11.6 Å². The van der Waals surface area contributed by atoms with Gasteiger partial charge in [0, 0.05) is 10.8 Å². The van der Waals surface area contributed by atoms with Gasteiger partial charge in [-0.3, -0.25) is 4.21 Å². The summed E-state index contributed by atoms with van der Waals surface area (Å²) in [6.45, 7) is 3.61. The molecule has 4 heteroatoms. The Balaban J connectivity index is 3.41. The molecule has 14 heavy (non-hydrogen) atoms. The first-order chi connectivity index (χ1) is 6.60. The summed E-state index contributed by atoms with van der Waals surface area (Å²) in [7, 11) is -1.13. The highest BCUT2D eigenvalue weighted by Crippen LogP contribution is 2.22. The van der Waals surface area contributed by atoms with Gasteiger partial charge in [0.05, 0.1) is 21.3 Å². The standard InChI is InChI=1S/C10H10ClNOS/c1-3-14(13)10-5-8(11)4-7(2)9(10)6-12/h4-5H,3H2,1-2H3/t14-/m1/s1. The molecule has 1 aromatic rings. The van der Waals surface area contributed by atoms with Crippen LogP contribution in [0.4, 0.5) is 0 Å². The van der Waals surface area contributed by atoms with Crippen molar-refractivity contribution in [2.45, 2.75) is 18.7 Å². The zero-order valence-corrected chi connectivity index (χ0v) is 9.58. The molecule has 74 valence electrons. The first-order valence-electron chi connectivity index (χ1n) is 4.18. The monoisotopic (exact) mass is 227 g/mol. The van der Waals surface area contributed by atoms with Crippen LogP contribution in [0.25, 0.3) is 0 Å². The molecule has 0 aliphatic carbocycles. The van der Waals surface area contributed by atoms with Crippen molar-refractivity contribution in [3.63, 3.8) is 0 Å². The molecule has 0 unspecified atom stereocenters. The summed E-state index contributed by atoms with van der Waals surface area (Å²) in [5, 5.41) is 9.43. The smallest absolute Gasteiger partial charge is 0.101 e. The molecule has 2 nitrogen and oxygen atoms in total. The molecule has 0 N–H and O–H groups in total. The lowest BCUT2D eigenvalue weighted by Gasteiger charge is -2.05. The molecule has 0 radical (unpaired) electrons. The maximum Gasteiger partial charge on any atom is 0.101 e. The Bertz CT molecular complexity index is 423. The second kappa shape index (κ2) is 4.59. The van der Waals surface area contributed by atoms with Gasteiger partial charge >= 0.3 is 0 Å². The Morgan fingerprint density at radius 1 is 1.57 bits per heavy atom. The summed E-state index contributed by atoms with van der Waals surface area (Å²) < 4.78 is 11.6. The Morgan fingerprint density at radius 2 is 2.21 bits per heavy atom. The van der Waals surface area contributed by atoms with Gasteiger partial charge in [-0.1, -0.05) is 18.5 Å². The zero-order chi connectivity index (χ0) is 10.7. The fourth-order valence-electron chi connectivity index (χ4n) is 1.19. The van der Waals surface area contributed by atoms with E-state index in [0.717, 1.165) is 5.56 Å². The Hall–Kier alpha value is -0.850. The van der Waals surface area contributed by atoms with Gasteiger partial charge in [-0.05, 0) is 24.6 Å². The number of aryl methyl sites for hydroxylation is 1. The van der Waals surface area contributed by atoms with Crippen molar-refractivity contribution in [2.75, 3.05) is 5.75 Å². The predicted octanol–water partition coefficient (Wildman–Crippen LogP) is 2.65. The number of hydrogen-bond donors (Lipinski definition) is 0. The van der Waals surface area contributed by atoms with Crippen molar-refractivity contribution < 1.29 is 4.21 Å². The van der Waals surface area contributed by atoms with Gasteiger partial charge < -0.3 is 0 Å². The molecule has 1 aromatic carbocycles. The minimum Gasteiger partial charge on any atom is -0.254 e. The second-order valence-electron chi connectivity index (χ2n) is 2.84. The average molecular weight is 228 g/mol. The molecule has 1 atom stereocenters. The van der Waals surface area contributed by atoms with Gasteiger partial charge in [-0.25, -0.2) is 0 Å². The van der Waals surface area contributed by atoms with E-state index in [9.17, 15) is 4.21 Å². The highest BCUT2D eigenvalue weighted by Gasteiger charge is 2.11. The van der Waals surface area contributed by atoms with Crippen LogP contribution in [-0.2, 0) is 10.8 Å². The number of halogens is 1. The van der Waals surface area contributed by atoms with Crippen LogP contribution in [-0.4, -0.2) is 9.96 Å². The first kappa shape index (κ1) is 11.2. The van der Waals surface area contributed by atoms with Crippen molar-refractivity contribution in [1.29, 1.82) is 5.26 Å². The van der Waals surface area contributed by atoms with Crippen LogP contribution in [0.5, 0.6) is 0 Å². The molecule has 0 aliphatic rings. The summed E-state index contributed by atoms with van der Waals surface area (Å²) in [5.74, 6) is 0.495. The van der Waals surface area contributed by atoms with E-state index in [1.165, 1.54) is 0 Å². The lowest BCUT2D eigenvalue weighted by atomic mass is 10.1. The molecular formula is C10H10ClNOS. The molecule has 0 saturated carbocycles. The van der Waals surface area contributed by atoms with E-state index in [1.54, 1.807) is 19.1 Å². The second-order valence-corrected chi connectivity index (χ2v) is 4.99. The number of nitrogens with zero attached hydrogens (tertiary/aromatic N) is 1. The molecule has 0 amide bonds. The number of benzene rings is 1. The van der Waals surface area contributed by atoms with E-state index in [1.807, 2.05) is 6.92 Å². The number of rotatable bonds is 2. The number of nitriles is 1. The SMILES string of the molecule is CC[S@@](=O)c1cc(Cl)cc(C)c1C#N. The summed E-state index contributed by atoms with van der Waals surface area (Å²) in [6, 6.07) is 5.36. The fourth-order valence-corrected chi connectivity index (χ4v) is 2.53. The summed E-state index contributed by atoms with van der Waals surface area (Å²) in [6.07, 6.45) is 0. The minimum atomic E-state index is -1.13. The molecule has 0 saturated heterocycles. The van der Waals surface area contributed by atoms with E-state index in [0.29, 0.717) is 21.2 Å². The highest BCUT2D eigenvalue weighted by atomic mass is 35.5. The third kappa shape index (κ3) is 2.14. The lowest BCUT2D eigenvalue weighted by molar-refractivity contribution is 0.683. The number of hydrogen-bond acceptors (Lipinski definition) is 2. The normalized spacial score (nSPS) is 12.1. The Kier molecular flexibility index (Phi) is 3.68. The quantitative estimate of drug-likeness (QED) is 0.780. The van der Waals surface area contributed by atoms with E-state index in [-0.39, 0.29) is 0 Å². The molecule has 0 fully saturated rings. The van der Waals surface area contributed by atoms with Crippen molar-refractivity contribution in [2.24, 2.45) is 0 Å².